The molecule has 1 aromatic rings. The zero-order valence-corrected chi connectivity index (χ0v) is 11.6. The van der Waals surface area contributed by atoms with Gasteiger partial charge in [-0.3, -0.25) is 4.79 Å². The molecule has 0 aromatic carbocycles. The maximum atomic E-state index is 11.7. The zero-order chi connectivity index (χ0) is 12.8. The predicted octanol–water partition coefficient (Wildman–Crippen LogP) is 2.23. The summed E-state index contributed by atoms with van der Waals surface area (Å²) in [6.45, 7) is 6.14. The van der Waals surface area contributed by atoms with Gasteiger partial charge in [-0.2, -0.15) is 0 Å². The van der Waals surface area contributed by atoms with Crippen LogP contribution in [0.1, 0.15) is 36.4 Å². The normalized spacial score (nSPS) is 14.4. The number of nitrogens with two attached hydrogens (primary N) is 1. The summed E-state index contributed by atoms with van der Waals surface area (Å²) in [7, 11) is 0. The lowest BCUT2D eigenvalue weighted by Crippen LogP contribution is -2.44. The third kappa shape index (κ3) is 4.88. The van der Waals surface area contributed by atoms with Gasteiger partial charge in [0.1, 0.15) is 0 Å². The summed E-state index contributed by atoms with van der Waals surface area (Å²) in [6, 6.07) is 4.00. The molecule has 2 unspecified atom stereocenters. The second kappa shape index (κ2) is 6.77. The average Bonchev–Trinajstić information content (AvgIpc) is 2.64. The van der Waals surface area contributed by atoms with Crippen LogP contribution >= 0.6 is 11.3 Å². The molecule has 0 aliphatic rings. The quantitative estimate of drug-likeness (QED) is 0.818. The third-order valence-corrected chi connectivity index (χ3v) is 3.65. The van der Waals surface area contributed by atoms with Gasteiger partial charge in [-0.05, 0) is 32.4 Å². The van der Waals surface area contributed by atoms with Gasteiger partial charge in [0, 0.05) is 22.2 Å². The molecule has 3 nitrogen and oxygen atoms in total. The van der Waals surface area contributed by atoms with Gasteiger partial charge in [-0.1, -0.05) is 13.3 Å². The fourth-order valence-corrected chi connectivity index (χ4v) is 2.76. The lowest BCUT2D eigenvalue weighted by atomic mass is 10.1. The van der Waals surface area contributed by atoms with Gasteiger partial charge < -0.3 is 11.1 Å². The molecule has 0 fully saturated rings. The maximum absolute atomic E-state index is 11.7. The SMILES string of the molecule is CCCC(N)C(=O)NC(C)Cc1ccc(C)s1. The molecule has 1 heterocycles. The van der Waals surface area contributed by atoms with Crippen LogP contribution in [0, 0.1) is 6.92 Å². The Kier molecular flexibility index (Phi) is 5.65. The molecule has 0 spiro atoms. The minimum absolute atomic E-state index is 0.0346. The molecule has 0 aliphatic carbocycles. The van der Waals surface area contributed by atoms with Crippen molar-refractivity contribution in [2.75, 3.05) is 0 Å². The van der Waals surface area contributed by atoms with Crippen LogP contribution in [-0.2, 0) is 11.2 Å². The number of hydrogen-bond acceptors (Lipinski definition) is 3. The van der Waals surface area contributed by atoms with E-state index in [1.54, 1.807) is 11.3 Å². The highest BCUT2D eigenvalue weighted by Crippen LogP contribution is 2.16. The monoisotopic (exact) mass is 254 g/mol. The lowest BCUT2D eigenvalue weighted by molar-refractivity contribution is -0.123. The van der Waals surface area contributed by atoms with Crippen molar-refractivity contribution in [2.24, 2.45) is 5.73 Å². The number of aryl methyl sites for hydroxylation is 1. The van der Waals surface area contributed by atoms with Crippen molar-refractivity contribution in [1.29, 1.82) is 0 Å². The smallest absolute Gasteiger partial charge is 0.237 e. The number of thiophene rings is 1. The molecule has 0 bridgehead atoms. The van der Waals surface area contributed by atoms with E-state index in [9.17, 15) is 4.79 Å². The van der Waals surface area contributed by atoms with Gasteiger partial charge in [-0.15, -0.1) is 11.3 Å². The van der Waals surface area contributed by atoms with Crippen LogP contribution in [0.3, 0.4) is 0 Å². The van der Waals surface area contributed by atoms with E-state index < -0.39 is 0 Å². The highest BCUT2D eigenvalue weighted by Gasteiger charge is 2.15. The molecule has 2 atom stereocenters. The molecular weight excluding hydrogens is 232 g/mol. The number of carbonyl (C=O) groups is 1. The molecule has 4 heteroatoms. The standard InChI is InChI=1S/C13H22N2OS/c1-4-5-12(14)13(16)15-9(2)8-11-7-6-10(3)17-11/h6-7,9,12H,4-5,8,14H2,1-3H3,(H,15,16). The Balaban J connectivity index is 2.38. The average molecular weight is 254 g/mol. The Hall–Kier alpha value is -0.870. The fourth-order valence-electron chi connectivity index (χ4n) is 1.74. The molecule has 0 radical (unpaired) electrons. The van der Waals surface area contributed by atoms with E-state index in [-0.39, 0.29) is 18.0 Å². The van der Waals surface area contributed by atoms with E-state index in [1.165, 1.54) is 9.75 Å². The van der Waals surface area contributed by atoms with Crippen LogP contribution in [-0.4, -0.2) is 18.0 Å². The molecule has 17 heavy (non-hydrogen) atoms. The van der Waals surface area contributed by atoms with Crippen LogP contribution in [0.15, 0.2) is 12.1 Å². The van der Waals surface area contributed by atoms with E-state index in [1.807, 2.05) is 13.8 Å². The van der Waals surface area contributed by atoms with Crippen molar-refractivity contribution in [3.63, 3.8) is 0 Å². The first kappa shape index (κ1) is 14.2. The molecule has 0 saturated carbocycles. The summed E-state index contributed by atoms with van der Waals surface area (Å²) in [6.07, 6.45) is 2.56. The predicted molar refractivity (Wildman–Crippen MR) is 73.2 cm³/mol. The molecule has 1 amide bonds. The maximum Gasteiger partial charge on any atom is 0.237 e. The van der Waals surface area contributed by atoms with Gasteiger partial charge in [0.25, 0.3) is 0 Å². The van der Waals surface area contributed by atoms with Crippen molar-refractivity contribution in [1.82, 2.24) is 5.32 Å². The van der Waals surface area contributed by atoms with Gasteiger partial charge in [0.15, 0.2) is 0 Å². The van der Waals surface area contributed by atoms with E-state index in [0.29, 0.717) is 0 Å². The first-order valence-electron chi connectivity index (χ1n) is 6.14. The Labute approximate surface area is 107 Å². The molecule has 0 aliphatic heterocycles. The van der Waals surface area contributed by atoms with E-state index in [4.69, 9.17) is 5.73 Å². The van der Waals surface area contributed by atoms with Crippen molar-refractivity contribution in [2.45, 2.75) is 52.1 Å². The fraction of sp³-hybridized carbons (Fsp3) is 0.615. The van der Waals surface area contributed by atoms with Crippen LogP contribution in [0.4, 0.5) is 0 Å². The first-order valence-corrected chi connectivity index (χ1v) is 6.95. The number of rotatable bonds is 6. The summed E-state index contributed by atoms with van der Waals surface area (Å²) < 4.78 is 0. The zero-order valence-electron chi connectivity index (χ0n) is 10.8. The molecular formula is C13H22N2OS. The number of amides is 1. The van der Waals surface area contributed by atoms with Crippen LogP contribution < -0.4 is 11.1 Å². The second-order valence-corrected chi connectivity index (χ2v) is 5.89. The summed E-state index contributed by atoms with van der Waals surface area (Å²) in [5, 5.41) is 2.96. The minimum Gasteiger partial charge on any atom is -0.352 e. The molecule has 1 aromatic heterocycles. The van der Waals surface area contributed by atoms with Crippen LogP contribution in [0.25, 0.3) is 0 Å². The van der Waals surface area contributed by atoms with Crippen molar-refractivity contribution in [3.8, 4) is 0 Å². The lowest BCUT2D eigenvalue weighted by Gasteiger charge is -2.16. The van der Waals surface area contributed by atoms with Crippen molar-refractivity contribution >= 4 is 17.2 Å². The van der Waals surface area contributed by atoms with Crippen LogP contribution in [0.5, 0.6) is 0 Å². The highest BCUT2D eigenvalue weighted by molar-refractivity contribution is 7.11. The molecule has 96 valence electrons. The van der Waals surface area contributed by atoms with Crippen molar-refractivity contribution in [3.05, 3.63) is 21.9 Å². The summed E-state index contributed by atoms with van der Waals surface area (Å²) in [5.74, 6) is -0.0346. The first-order chi connectivity index (χ1) is 8.02. The van der Waals surface area contributed by atoms with E-state index >= 15 is 0 Å². The Morgan fingerprint density at radius 3 is 2.76 bits per heavy atom. The third-order valence-electron chi connectivity index (χ3n) is 2.63. The molecule has 3 N–H and O–H groups in total. The number of carbonyl (C=O) groups excluding carboxylic acids is 1. The van der Waals surface area contributed by atoms with E-state index in [2.05, 4.69) is 24.4 Å². The Morgan fingerprint density at radius 1 is 1.53 bits per heavy atom. The van der Waals surface area contributed by atoms with Crippen LogP contribution in [0.2, 0.25) is 0 Å². The van der Waals surface area contributed by atoms with Gasteiger partial charge in [0.2, 0.25) is 5.91 Å². The number of nitrogens with one attached hydrogen (secondary N) is 1. The molecule has 1 rings (SSSR count). The van der Waals surface area contributed by atoms with Gasteiger partial charge in [-0.25, -0.2) is 0 Å². The topological polar surface area (TPSA) is 55.1 Å². The summed E-state index contributed by atoms with van der Waals surface area (Å²) in [5.41, 5.74) is 5.76. The highest BCUT2D eigenvalue weighted by atomic mass is 32.1. The largest absolute Gasteiger partial charge is 0.352 e. The number of hydrogen-bond donors (Lipinski definition) is 2. The summed E-state index contributed by atoms with van der Waals surface area (Å²) >= 11 is 1.78. The van der Waals surface area contributed by atoms with Gasteiger partial charge in [0.05, 0.1) is 6.04 Å². The Bertz CT molecular complexity index is 362. The van der Waals surface area contributed by atoms with Gasteiger partial charge >= 0.3 is 0 Å². The molecule has 0 saturated heterocycles. The van der Waals surface area contributed by atoms with E-state index in [0.717, 1.165) is 19.3 Å². The summed E-state index contributed by atoms with van der Waals surface area (Å²) in [4.78, 5) is 14.3. The minimum atomic E-state index is -0.368. The van der Waals surface area contributed by atoms with Crippen molar-refractivity contribution < 1.29 is 4.79 Å². The second-order valence-electron chi connectivity index (χ2n) is 4.52. The Morgan fingerprint density at radius 2 is 2.24 bits per heavy atom.